The third kappa shape index (κ3) is 3.21. The predicted octanol–water partition coefficient (Wildman–Crippen LogP) is 3.09. The van der Waals surface area contributed by atoms with Crippen LogP contribution >= 0.6 is 0 Å². The second kappa shape index (κ2) is 7.52. The fourth-order valence-electron chi connectivity index (χ4n) is 7.26. The van der Waals surface area contributed by atoms with Crippen LogP contribution in [0.3, 0.4) is 0 Å². The van der Waals surface area contributed by atoms with Crippen molar-refractivity contribution in [3.05, 3.63) is 0 Å². The molecule has 0 aromatic rings. The lowest BCUT2D eigenvalue weighted by molar-refractivity contribution is -0.169. The minimum Gasteiger partial charge on any atom is -0.392 e. The maximum atomic E-state index is 15.1. The van der Waals surface area contributed by atoms with Crippen molar-refractivity contribution in [3.8, 4) is 0 Å². The maximum Gasteiger partial charge on any atom is 0.171 e. The van der Waals surface area contributed by atoms with Gasteiger partial charge >= 0.3 is 0 Å². The van der Waals surface area contributed by atoms with Crippen LogP contribution in [0.2, 0.25) is 0 Å². The van der Waals surface area contributed by atoms with Gasteiger partial charge in [0.25, 0.3) is 0 Å². The second-order valence-electron chi connectivity index (χ2n) is 10.5. The fourth-order valence-corrected chi connectivity index (χ4v) is 7.26. The number of hydrogen-bond acceptors (Lipinski definition) is 5. The summed E-state index contributed by atoms with van der Waals surface area (Å²) in [5, 5.41) is 19.7. The Morgan fingerprint density at radius 3 is 2.52 bits per heavy atom. The highest BCUT2D eigenvalue weighted by Crippen LogP contribution is 2.64. The largest absolute Gasteiger partial charge is 0.392 e. The van der Waals surface area contributed by atoms with Crippen LogP contribution in [0.1, 0.15) is 65.2 Å². The van der Waals surface area contributed by atoms with Crippen LogP contribution in [0.4, 0.5) is 4.39 Å². The third-order valence-electron chi connectivity index (χ3n) is 9.07. The van der Waals surface area contributed by atoms with E-state index in [0.29, 0.717) is 12.3 Å². The number of aliphatic hydroxyl groups is 1. The number of nitrogens with one attached hydrogen (secondary N) is 2. The summed E-state index contributed by atoms with van der Waals surface area (Å²) in [7, 11) is 0. The van der Waals surface area contributed by atoms with Crippen LogP contribution in [-0.4, -0.2) is 47.7 Å². The normalized spacial score (nSPS) is 49.0. The van der Waals surface area contributed by atoms with Crippen LogP contribution in [0.15, 0.2) is 0 Å². The highest BCUT2D eigenvalue weighted by molar-refractivity contribution is 5.98. The molecule has 5 fully saturated rings. The Balaban J connectivity index is 0.000000294. The van der Waals surface area contributed by atoms with E-state index in [1.54, 1.807) is 6.92 Å². The van der Waals surface area contributed by atoms with Crippen LogP contribution in [0.25, 0.3) is 0 Å². The SMILES string of the molecule is C[C@]12CCC(=N)CC1CCC1C2C(=O)C(F)[C@]2(C)C(=O)CCC12.OC1CCNC1. The van der Waals surface area contributed by atoms with Gasteiger partial charge in [0.2, 0.25) is 0 Å². The zero-order valence-electron chi connectivity index (χ0n) is 17.7. The van der Waals surface area contributed by atoms with Crippen LogP contribution in [0, 0.1) is 39.9 Å². The summed E-state index contributed by atoms with van der Waals surface area (Å²) in [5.74, 6) is -0.0496. The van der Waals surface area contributed by atoms with Gasteiger partial charge in [-0.1, -0.05) is 6.92 Å². The first kappa shape index (κ1) is 21.1. The average Bonchev–Trinajstić information content (AvgIpc) is 3.28. The van der Waals surface area contributed by atoms with E-state index < -0.39 is 11.6 Å². The Kier molecular flexibility index (Phi) is 5.48. The minimum absolute atomic E-state index is 0.0341. The topological polar surface area (TPSA) is 90.2 Å². The smallest absolute Gasteiger partial charge is 0.171 e. The minimum atomic E-state index is -1.62. The van der Waals surface area contributed by atoms with E-state index >= 15 is 4.39 Å². The first-order chi connectivity index (χ1) is 13.7. The van der Waals surface area contributed by atoms with Crippen molar-refractivity contribution in [2.24, 2.45) is 34.5 Å². The molecule has 5 rings (SSSR count). The van der Waals surface area contributed by atoms with Gasteiger partial charge in [-0.3, -0.25) is 9.59 Å². The molecule has 6 heteroatoms. The zero-order valence-corrected chi connectivity index (χ0v) is 17.7. The molecule has 4 aliphatic carbocycles. The molecule has 5 aliphatic rings. The molecule has 162 valence electrons. The molecular weight excluding hydrogens is 371 g/mol. The molecule has 0 aromatic carbocycles. The molecule has 0 bridgehead atoms. The highest BCUT2D eigenvalue weighted by Gasteiger charge is 2.67. The number of alkyl halides is 1. The number of rotatable bonds is 0. The van der Waals surface area contributed by atoms with Gasteiger partial charge in [0, 0.05) is 24.6 Å². The number of Topliss-reactive ketones (excluding diaryl/α,β-unsaturated/α-hetero) is 2. The van der Waals surface area contributed by atoms with E-state index in [1.165, 1.54) is 0 Å². The van der Waals surface area contributed by atoms with E-state index in [2.05, 4.69) is 12.2 Å². The van der Waals surface area contributed by atoms with Crippen molar-refractivity contribution in [2.45, 2.75) is 77.5 Å². The highest BCUT2D eigenvalue weighted by atomic mass is 19.1. The van der Waals surface area contributed by atoms with Crippen molar-refractivity contribution < 1.29 is 19.1 Å². The molecule has 0 amide bonds. The molecule has 0 radical (unpaired) electrons. The molecule has 6 unspecified atom stereocenters. The van der Waals surface area contributed by atoms with Crippen molar-refractivity contribution in [1.82, 2.24) is 5.32 Å². The zero-order chi connectivity index (χ0) is 21.0. The molecule has 29 heavy (non-hydrogen) atoms. The summed E-state index contributed by atoms with van der Waals surface area (Å²) in [4.78, 5) is 25.4. The van der Waals surface area contributed by atoms with Gasteiger partial charge in [0.05, 0.1) is 11.5 Å². The summed E-state index contributed by atoms with van der Waals surface area (Å²) in [5.41, 5.74) is -0.461. The first-order valence-corrected chi connectivity index (χ1v) is 11.4. The molecule has 1 heterocycles. The molecule has 0 spiro atoms. The Hall–Kier alpha value is -1.14. The van der Waals surface area contributed by atoms with E-state index in [-0.39, 0.29) is 40.8 Å². The van der Waals surface area contributed by atoms with Crippen molar-refractivity contribution in [3.63, 3.8) is 0 Å². The molecule has 3 N–H and O–H groups in total. The number of carbonyl (C=O) groups excluding carboxylic acids is 2. The summed E-state index contributed by atoms with van der Waals surface area (Å²) >= 11 is 0. The first-order valence-electron chi connectivity index (χ1n) is 11.4. The lowest BCUT2D eigenvalue weighted by atomic mass is 9.44. The number of β-amino-alcohol motifs (C(OH)–C–C–N with tert-alkyl or cyclic N) is 1. The number of hydrogen-bond donors (Lipinski definition) is 3. The van der Waals surface area contributed by atoms with Gasteiger partial charge in [-0.15, -0.1) is 0 Å². The molecule has 8 atom stereocenters. The summed E-state index contributed by atoms with van der Waals surface area (Å²) in [6, 6.07) is 0. The molecule has 1 saturated heterocycles. The standard InChI is InChI=1S/C19H26FNO2.C4H9NO/c1-18-8-7-11(21)9-10(18)3-4-12-13-5-6-14(22)19(13,2)17(20)16(23)15(12)18;6-4-1-2-5-3-4/h10,12-13,15,17,21H,3-9H2,1-2H3;4-6H,1-3H2/t10?,12?,13?,15?,17?,18-,19-;/m0./s1. The number of halogens is 1. The Labute approximate surface area is 172 Å². The summed E-state index contributed by atoms with van der Waals surface area (Å²) in [6.45, 7) is 5.64. The van der Waals surface area contributed by atoms with Gasteiger partial charge in [-0.25, -0.2) is 4.39 Å². The Morgan fingerprint density at radius 1 is 1.14 bits per heavy atom. The number of carbonyl (C=O) groups is 2. The van der Waals surface area contributed by atoms with Crippen LogP contribution < -0.4 is 5.32 Å². The third-order valence-corrected chi connectivity index (χ3v) is 9.07. The Bertz CT molecular complexity index is 706. The monoisotopic (exact) mass is 406 g/mol. The molecular formula is C23H35FN2O3. The molecule has 0 aromatic heterocycles. The van der Waals surface area contributed by atoms with Gasteiger partial charge in [0.15, 0.2) is 12.0 Å². The maximum absolute atomic E-state index is 15.1. The molecule has 4 saturated carbocycles. The van der Waals surface area contributed by atoms with E-state index in [0.717, 1.165) is 63.7 Å². The number of aliphatic hydroxyl groups excluding tert-OH is 1. The van der Waals surface area contributed by atoms with E-state index in [1.807, 2.05) is 0 Å². The second-order valence-corrected chi connectivity index (χ2v) is 10.5. The van der Waals surface area contributed by atoms with Crippen molar-refractivity contribution in [1.29, 1.82) is 5.41 Å². The quantitative estimate of drug-likeness (QED) is 0.577. The summed E-state index contributed by atoms with van der Waals surface area (Å²) < 4.78 is 15.1. The fraction of sp³-hybridized carbons (Fsp3) is 0.870. The lowest BCUT2D eigenvalue weighted by Crippen LogP contribution is -2.62. The van der Waals surface area contributed by atoms with Gasteiger partial charge in [-0.2, -0.15) is 0 Å². The van der Waals surface area contributed by atoms with Crippen LogP contribution in [-0.2, 0) is 9.59 Å². The molecule has 5 nitrogen and oxygen atoms in total. The number of ketones is 2. The predicted molar refractivity (Wildman–Crippen MR) is 109 cm³/mol. The van der Waals surface area contributed by atoms with E-state index in [9.17, 15) is 9.59 Å². The molecule has 1 aliphatic heterocycles. The summed E-state index contributed by atoms with van der Waals surface area (Å²) in [6.07, 6.45) is 4.70. The van der Waals surface area contributed by atoms with Gasteiger partial charge in [0.1, 0.15) is 5.78 Å². The van der Waals surface area contributed by atoms with Gasteiger partial charge < -0.3 is 15.8 Å². The lowest BCUT2D eigenvalue weighted by Gasteiger charge is -2.59. The van der Waals surface area contributed by atoms with E-state index in [4.69, 9.17) is 10.5 Å². The van der Waals surface area contributed by atoms with Gasteiger partial charge in [-0.05, 0) is 81.6 Å². The van der Waals surface area contributed by atoms with Crippen molar-refractivity contribution in [2.75, 3.05) is 13.1 Å². The van der Waals surface area contributed by atoms with Crippen molar-refractivity contribution >= 4 is 17.3 Å². The Morgan fingerprint density at radius 2 is 1.90 bits per heavy atom. The number of fused-ring (bicyclic) bond motifs is 5. The van der Waals surface area contributed by atoms with Crippen LogP contribution in [0.5, 0.6) is 0 Å². The average molecular weight is 407 g/mol.